The molecular formula is C56H83N17O12S2. The minimum Gasteiger partial charge on any atom is -0.508 e. The van der Waals surface area contributed by atoms with Crippen molar-refractivity contribution in [3.05, 3.63) is 65.7 Å². The van der Waals surface area contributed by atoms with Crippen molar-refractivity contribution in [1.82, 2.24) is 41.7 Å². The first-order valence-corrected chi connectivity index (χ1v) is 31.1. The van der Waals surface area contributed by atoms with Gasteiger partial charge in [0.25, 0.3) is 0 Å². The van der Waals surface area contributed by atoms with E-state index in [1.807, 2.05) is 0 Å². The van der Waals surface area contributed by atoms with E-state index in [1.165, 1.54) is 50.6 Å². The lowest BCUT2D eigenvalue weighted by atomic mass is 9.85. The Morgan fingerprint density at radius 1 is 0.690 bits per heavy atom. The molecular weight excluding hydrogens is 1170 g/mol. The van der Waals surface area contributed by atoms with E-state index in [0.717, 1.165) is 19.3 Å². The molecule has 476 valence electrons. The van der Waals surface area contributed by atoms with Crippen LogP contribution in [0.5, 0.6) is 5.75 Å². The highest BCUT2D eigenvalue weighted by Crippen LogP contribution is 2.49. The van der Waals surface area contributed by atoms with Crippen molar-refractivity contribution < 1.29 is 57.8 Å². The van der Waals surface area contributed by atoms with E-state index in [2.05, 4.69) is 41.9 Å². The van der Waals surface area contributed by atoms with Gasteiger partial charge in [0.05, 0.1) is 6.42 Å². The summed E-state index contributed by atoms with van der Waals surface area (Å²) in [6.07, 6.45) is 2.27. The van der Waals surface area contributed by atoms with Gasteiger partial charge in [-0.05, 0) is 81.0 Å². The number of aromatic hydroxyl groups is 1. The molecule has 87 heavy (non-hydrogen) atoms. The molecule has 3 aliphatic rings. The number of aliphatic imine (C=N–C) groups is 2. The van der Waals surface area contributed by atoms with E-state index in [1.54, 1.807) is 42.5 Å². The van der Waals surface area contributed by atoms with Crippen LogP contribution in [0.1, 0.15) is 107 Å². The Morgan fingerprint density at radius 2 is 1.28 bits per heavy atom. The number of nitrogens with one attached hydrogen (secondary N) is 6. The fourth-order valence-corrected chi connectivity index (χ4v) is 13.8. The topological polar surface area (TPSA) is 494 Å². The highest BCUT2D eigenvalue weighted by Gasteiger charge is 2.43. The zero-order valence-corrected chi connectivity index (χ0v) is 50.4. The van der Waals surface area contributed by atoms with Gasteiger partial charge in [0.2, 0.25) is 65.0 Å². The largest absolute Gasteiger partial charge is 0.508 e. The van der Waals surface area contributed by atoms with Gasteiger partial charge in [0.1, 0.15) is 54.1 Å². The Labute approximate surface area is 512 Å². The second-order valence-electron chi connectivity index (χ2n) is 21.9. The molecule has 0 aromatic heterocycles. The quantitative estimate of drug-likeness (QED) is 0.0230. The molecule has 31 heteroatoms. The minimum atomic E-state index is -1.80. The molecule has 0 unspecified atom stereocenters. The van der Waals surface area contributed by atoms with Gasteiger partial charge in [-0.1, -0.05) is 83.3 Å². The highest BCUT2D eigenvalue weighted by atomic mass is 33.1. The van der Waals surface area contributed by atoms with Crippen molar-refractivity contribution in [2.24, 2.45) is 50.1 Å². The van der Waals surface area contributed by atoms with Crippen LogP contribution in [0.2, 0.25) is 0 Å². The second kappa shape index (κ2) is 34.1. The summed E-state index contributed by atoms with van der Waals surface area (Å²) < 4.78 is -0.781. The van der Waals surface area contributed by atoms with Crippen LogP contribution in [-0.2, 0) is 65.6 Å². The number of likely N-dealkylation sites (tertiary alicyclic amines) is 1. The Kier molecular flexibility index (Phi) is 27.2. The molecule has 2 aromatic carbocycles. The Bertz CT molecular complexity index is 2820. The Morgan fingerprint density at radius 3 is 1.89 bits per heavy atom. The smallest absolute Gasteiger partial charge is 0.246 e. The third kappa shape index (κ3) is 22.5. The fraction of sp³-hybridized carbons (Fsp3) is 0.554. The van der Waals surface area contributed by atoms with Crippen LogP contribution in [0.4, 0.5) is 0 Å². The molecule has 1 saturated carbocycles. The molecule has 3 fully saturated rings. The van der Waals surface area contributed by atoms with Gasteiger partial charge in [-0.15, -0.1) is 0 Å². The zero-order valence-electron chi connectivity index (χ0n) is 48.7. The van der Waals surface area contributed by atoms with Crippen molar-refractivity contribution in [3.8, 4) is 5.75 Å². The maximum absolute atomic E-state index is 15.2. The van der Waals surface area contributed by atoms with Crippen LogP contribution in [0.15, 0.2) is 64.6 Å². The monoisotopic (exact) mass is 1250 g/mol. The maximum atomic E-state index is 15.2. The summed E-state index contributed by atoms with van der Waals surface area (Å²) in [7, 11) is 3.97. The number of amides is 11. The number of nitrogens with two attached hydrogens (primary N) is 7. The molecule has 2 saturated heterocycles. The van der Waals surface area contributed by atoms with Crippen LogP contribution >= 0.6 is 21.6 Å². The first kappa shape index (κ1) is 69.4. The van der Waals surface area contributed by atoms with Crippen molar-refractivity contribution >= 4 is 98.5 Å². The number of likely N-dealkylation sites (N-methyl/N-ethyl adjacent to an activating group) is 1. The van der Waals surface area contributed by atoms with Crippen molar-refractivity contribution in [3.63, 3.8) is 0 Å². The van der Waals surface area contributed by atoms with Crippen molar-refractivity contribution in [2.45, 2.75) is 162 Å². The van der Waals surface area contributed by atoms with Crippen LogP contribution in [0.3, 0.4) is 0 Å². The Balaban J connectivity index is 1.54. The van der Waals surface area contributed by atoms with Gasteiger partial charge >= 0.3 is 0 Å². The van der Waals surface area contributed by atoms with Gasteiger partial charge in [-0.2, -0.15) is 0 Å². The van der Waals surface area contributed by atoms with E-state index >= 15 is 4.79 Å². The lowest BCUT2D eigenvalue weighted by Gasteiger charge is -2.38. The van der Waals surface area contributed by atoms with E-state index in [4.69, 9.17) is 40.1 Å². The summed E-state index contributed by atoms with van der Waals surface area (Å²) in [5.74, 6) is -9.94. The first-order valence-electron chi connectivity index (χ1n) is 28.8. The van der Waals surface area contributed by atoms with Crippen LogP contribution in [0.25, 0.3) is 0 Å². The SMILES string of the molecule is CN1C(=O)CC2(CCCCC2)SSC[C@H](C(=O)N2CCC[C@H]2C(=O)N[C@@H](CCCN=C(N)N)C(=O)N[C@@H](CCCN=C(N)N)C(N)=O)NC(=O)[C@@H](CC(N)=O)NC(=O)[C@H](CCC(N)=O)NC(=O)[C@@H](Cc2ccccc2)NC(=O)[C@@H]1Cc1ccc(O)cc1. The summed E-state index contributed by atoms with van der Waals surface area (Å²) in [5, 5.41) is 26.0. The lowest BCUT2D eigenvalue weighted by Crippen LogP contribution is -2.61. The number of phenols is 1. The zero-order chi connectivity index (χ0) is 63.8. The molecule has 0 bridgehead atoms. The number of carbonyl (C=O) groups excluding carboxylic acids is 11. The van der Waals surface area contributed by atoms with Gasteiger partial charge in [-0.3, -0.25) is 62.7 Å². The molecule has 2 aliphatic heterocycles. The van der Waals surface area contributed by atoms with E-state index < -0.39 is 137 Å². The number of hydrogen-bond acceptors (Lipinski definition) is 16. The molecule has 2 heterocycles. The number of phenolic OH excluding ortho intramolecular Hbond substituents is 1. The summed E-state index contributed by atoms with van der Waals surface area (Å²) >= 11 is 0. The van der Waals surface area contributed by atoms with E-state index in [9.17, 15) is 53.1 Å². The number of rotatable bonds is 23. The van der Waals surface area contributed by atoms with Gasteiger partial charge in [0, 0.05) is 62.9 Å². The standard InChI is InChI=1S/C56H83N17O12S2/c1-72-42(28-33-16-18-34(74)19-17-33)52(84)70-38(27-32-11-4-2-5-12-32)49(81)67-37(20-21-43(57)75)48(80)69-39(29-44(58)76)50(82)71-40(31-86-87-56(30-45(72)77)22-6-3-7-23-56)53(85)73-26-10-15-41(73)51(83)68-36(14-9-25-65-55(62)63)47(79)66-35(46(59)78)13-8-24-64-54(60)61/h2,4-5,11-12,16-19,35-42,74H,3,6-10,13-15,20-31H2,1H3,(H2,57,75)(H2,58,76)(H2,59,78)(H,66,79)(H,67,81)(H,68,83)(H,69,80)(H,70,84)(H,71,82)(H4,60,61,64)(H4,62,63,65)/t35-,36-,37-,38+,39+,40+,41-,42-/m0/s1. The number of primary amides is 3. The highest BCUT2D eigenvalue weighted by molar-refractivity contribution is 8.77. The van der Waals surface area contributed by atoms with Crippen molar-refractivity contribution in [1.29, 1.82) is 0 Å². The van der Waals surface area contributed by atoms with Crippen molar-refractivity contribution in [2.75, 3.05) is 32.4 Å². The summed E-state index contributed by atoms with van der Waals surface area (Å²) in [5.41, 5.74) is 39.9. The number of hydrogen-bond donors (Lipinski definition) is 14. The molecule has 29 nitrogen and oxygen atoms in total. The predicted molar refractivity (Wildman–Crippen MR) is 327 cm³/mol. The summed E-state index contributed by atoms with van der Waals surface area (Å²) in [4.78, 5) is 165. The van der Waals surface area contributed by atoms with Gasteiger partial charge in [0.15, 0.2) is 11.9 Å². The number of carbonyl (C=O) groups is 11. The third-order valence-electron chi connectivity index (χ3n) is 15.1. The molecule has 2 aromatic rings. The predicted octanol–water partition coefficient (Wildman–Crippen LogP) is -2.87. The summed E-state index contributed by atoms with van der Waals surface area (Å²) in [6.45, 7) is 0.189. The van der Waals surface area contributed by atoms with Crippen LogP contribution in [0, 0.1) is 0 Å². The molecule has 5 rings (SSSR count). The molecule has 21 N–H and O–H groups in total. The minimum absolute atomic E-state index is 0.000377. The Hall–Kier alpha value is -8.35. The van der Waals surface area contributed by atoms with Crippen LogP contribution < -0.4 is 72.0 Å². The molecule has 0 radical (unpaired) electrons. The fourth-order valence-electron chi connectivity index (χ4n) is 10.4. The summed E-state index contributed by atoms with van der Waals surface area (Å²) in [6, 6.07) is 3.36. The number of nitrogens with zero attached hydrogens (tertiary/aromatic N) is 4. The second-order valence-corrected chi connectivity index (χ2v) is 24.7. The van der Waals surface area contributed by atoms with Crippen LogP contribution in [-0.4, -0.2) is 177 Å². The van der Waals surface area contributed by atoms with E-state index in [0.29, 0.717) is 30.4 Å². The first-order chi connectivity index (χ1) is 41.3. The maximum Gasteiger partial charge on any atom is 0.246 e. The average molecular weight is 1250 g/mol. The average Bonchev–Trinajstić information content (AvgIpc) is 3.53. The molecule has 1 spiro atoms. The lowest BCUT2D eigenvalue weighted by molar-refractivity contribution is -0.142. The molecule has 8 atom stereocenters. The number of benzene rings is 2. The van der Waals surface area contributed by atoms with Gasteiger partial charge in [-0.25, -0.2) is 0 Å². The normalized spacial score (nSPS) is 22.2. The van der Waals surface area contributed by atoms with Gasteiger partial charge < -0.3 is 86.9 Å². The molecule has 11 amide bonds. The third-order valence-corrected chi connectivity index (χ3v) is 18.5. The van der Waals surface area contributed by atoms with E-state index in [-0.39, 0.29) is 94.4 Å². The molecule has 1 aliphatic carbocycles. The number of guanidine groups is 2.